The molecule has 0 aliphatic heterocycles. The fourth-order valence-electron chi connectivity index (χ4n) is 2.70. The van der Waals surface area contributed by atoms with E-state index in [1.54, 1.807) is 13.8 Å². The summed E-state index contributed by atoms with van der Waals surface area (Å²) in [4.78, 5) is 49.1. The molecule has 30 heavy (non-hydrogen) atoms. The summed E-state index contributed by atoms with van der Waals surface area (Å²) < 4.78 is 44.8. The molecule has 11 heteroatoms. The number of halogens is 3. The molecule has 0 saturated carbocycles. The first-order chi connectivity index (χ1) is 13.8. The van der Waals surface area contributed by atoms with Gasteiger partial charge in [-0.2, -0.15) is 13.2 Å². The molecular formula is C19H20F3N3O5. The van der Waals surface area contributed by atoms with Crippen LogP contribution >= 0.6 is 0 Å². The molecule has 2 N–H and O–H groups in total. The first-order valence-corrected chi connectivity index (χ1v) is 8.81. The van der Waals surface area contributed by atoms with Gasteiger partial charge >= 0.3 is 17.8 Å². The molecule has 162 valence electrons. The van der Waals surface area contributed by atoms with Gasteiger partial charge in [-0.15, -0.1) is 0 Å². The van der Waals surface area contributed by atoms with Crippen LogP contribution in [0.1, 0.15) is 40.1 Å². The SMILES string of the molecule is CC(C)Cn1c(N)c(C(=O)COC(=O)c2cccc(C(F)(F)F)c2)c(=O)n(C)c1=O. The van der Waals surface area contributed by atoms with E-state index in [0.717, 1.165) is 22.8 Å². The van der Waals surface area contributed by atoms with Crippen molar-refractivity contribution < 1.29 is 27.5 Å². The van der Waals surface area contributed by atoms with E-state index in [-0.39, 0.29) is 18.3 Å². The summed E-state index contributed by atoms with van der Waals surface area (Å²) in [6.07, 6.45) is -4.66. The van der Waals surface area contributed by atoms with E-state index in [4.69, 9.17) is 10.5 Å². The number of hydrogen-bond donors (Lipinski definition) is 1. The van der Waals surface area contributed by atoms with Crippen LogP contribution in [-0.2, 0) is 24.5 Å². The lowest BCUT2D eigenvalue weighted by atomic mass is 10.1. The highest BCUT2D eigenvalue weighted by Gasteiger charge is 2.31. The Hall–Kier alpha value is -3.37. The Kier molecular flexibility index (Phi) is 6.53. The lowest BCUT2D eigenvalue weighted by Crippen LogP contribution is -2.43. The Bertz CT molecular complexity index is 1100. The van der Waals surface area contributed by atoms with E-state index in [0.29, 0.717) is 10.6 Å². The second-order valence-corrected chi connectivity index (χ2v) is 6.99. The van der Waals surface area contributed by atoms with Crippen LogP contribution in [0.4, 0.5) is 19.0 Å². The zero-order valence-electron chi connectivity index (χ0n) is 16.4. The average Bonchev–Trinajstić information content (AvgIpc) is 2.67. The molecule has 0 fully saturated rings. The number of ketones is 1. The number of nitrogen functional groups attached to an aromatic ring is 1. The zero-order chi connectivity index (χ0) is 22.8. The van der Waals surface area contributed by atoms with E-state index < -0.39 is 52.5 Å². The van der Waals surface area contributed by atoms with Crippen LogP contribution in [0.15, 0.2) is 33.9 Å². The minimum Gasteiger partial charge on any atom is -0.454 e. The molecule has 0 aliphatic rings. The predicted octanol–water partition coefficient (Wildman–Crippen LogP) is 1.84. The Labute approximate surface area is 168 Å². The van der Waals surface area contributed by atoms with E-state index >= 15 is 0 Å². The average molecular weight is 427 g/mol. The third-order valence-corrected chi connectivity index (χ3v) is 4.17. The van der Waals surface area contributed by atoms with Gasteiger partial charge in [0.2, 0.25) is 5.78 Å². The van der Waals surface area contributed by atoms with E-state index in [1.165, 1.54) is 7.05 Å². The van der Waals surface area contributed by atoms with Gasteiger partial charge in [-0.3, -0.25) is 18.7 Å². The van der Waals surface area contributed by atoms with Crippen LogP contribution in [-0.4, -0.2) is 27.5 Å². The lowest BCUT2D eigenvalue weighted by Gasteiger charge is -2.16. The monoisotopic (exact) mass is 427 g/mol. The second-order valence-electron chi connectivity index (χ2n) is 6.99. The third kappa shape index (κ3) is 4.78. The van der Waals surface area contributed by atoms with Crippen molar-refractivity contribution in [3.63, 3.8) is 0 Å². The maximum atomic E-state index is 12.8. The smallest absolute Gasteiger partial charge is 0.416 e. The number of Topliss-reactive ketones (excluding diaryl/α,β-unsaturated/α-hetero) is 1. The number of nitrogens with two attached hydrogens (primary N) is 1. The number of nitrogens with zero attached hydrogens (tertiary/aromatic N) is 2. The van der Waals surface area contributed by atoms with Gasteiger partial charge < -0.3 is 10.5 Å². The zero-order valence-corrected chi connectivity index (χ0v) is 16.4. The highest BCUT2D eigenvalue weighted by Crippen LogP contribution is 2.29. The molecule has 0 radical (unpaired) electrons. The van der Waals surface area contributed by atoms with Gasteiger partial charge in [0.05, 0.1) is 11.1 Å². The van der Waals surface area contributed by atoms with Gasteiger partial charge in [0.25, 0.3) is 5.56 Å². The van der Waals surface area contributed by atoms with Crippen molar-refractivity contribution in [3.8, 4) is 0 Å². The summed E-state index contributed by atoms with van der Waals surface area (Å²) in [5.41, 5.74) is 2.19. The number of ether oxygens (including phenoxy) is 1. The first-order valence-electron chi connectivity index (χ1n) is 8.81. The Morgan fingerprint density at radius 3 is 2.40 bits per heavy atom. The quantitative estimate of drug-likeness (QED) is 0.556. The minimum absolute atomic E-state index is 0.0239. The van der Waals surface area contributed by atoms with Gasteiger partial charge in [0.1, 0.15) is 11.4 Å². The Balaban J connectivity index is 2.29. The maximum Gasteiger partial charge on any atom is 0.416 e. The molecule has 2 rings (SSSR count). The van der Waals surface area contributed by atoms with Gasteiger partial charge in [-0.1, -0.05) is 19.9 Å². The topological polar surface area (TPSA) is 113 Å². The number of esters is 1. The van der Waals surface area contributed by atoms with Crippen LogP contribution < -0.4 is 17.0 Å². The predicted molar refractivity (Wildman–Crippen MR) is 101 cm³/mol. The molecule has 1 aromatic heterocycles. The van der Waals surface area contributed by atoms with Crippen molar-refractivity contribution >= 4 is 17.6 Å². The van der Waals surface area contributed by atoms with Gasteiger partial charge in [-0.25, -0.2) is 9.59 Å². The fourth-order valence-corrected chi connectivity index (χ4v) is 2.70. The largest absolute Gasteiger partial charge is 0.454 e. The normalized spacial score (nSPS) is 11.6. The summed E-state index contributed by atoms with van der Waals surface area (Å²) in [7, 11) is 1.17. The minimum atomic E-state index is -4.66. The van der Waals surface area contributed by atoms with Crippen molar-refractivity contribution in [3.05, 3.63) is 61.8 Å². The van der Waals surface area contributed by atoms with Gasteiger partial charge in [0.15, 0.2) is 6.61 Å². The van der Waals surface area contributed by atoms with Crippen molar-refractivity contribution in [2.45, 2.75) is 26.6 Å². The van der Waals surface area contributed by atoms with Crippen LogP contribution in [0.2, 0.25) is 0 Å². The van der Waals surface area contributed by atoms with E-state index in [2.05, 4.69) is 0 Å². The highest BCUT2D eigenvalue weighted by molar-refractivity contribution is 6.02. The number of hydrogen-bond acceptors (Lipinski definition) is 6. The van der Waals surface area contributed by atoms with Crippen LogP contribution in [0.25, 0.3) is 0 Å². The van der Waals surface area contributed by atoms with Gasteiger partial charge in [0, 0.05) is 13.6 Å². The molecule has 0 saturated heterocycles. The molecule has 0 spiro atoms. The number of aromatic nitrogens is 2. The van der Waals surface area contributed by atoms with Gasteiger partial charge in [-0.05, 0) is 24.1 Å². The van der Waals surface area contributed by atoms with Crippen molar-refractivity contribution in [2.24, 2.45) is 13.0 Å². The maximum absolute atomic E-state index is 12.8. The molecule has 0 aliphatic carbocycles. The van der Waals surface area contributed by atoms with Crippen molar-refractivity contribution in [2.75, 3.05) is 12.3 Å². The van der Waals surface area contributed by atoms with E-state index in [9.17, 15) is 32.3 Å². The molecule has 0 unspecified atom stereocenters. The Morgan fingerprint density at radius 2 is 1.83 bits per heavy atom. The molecule has 0 atom stereocenters. The Morgan fingerprint density at radius 1 is 1.20 bits per heavy atom. The first kappa shape index (κ1) is 22.9. The number of rotatable bonds is 6. The highest BCUT2D eigenvalue weighted by atomic mass is 19.4. The molecule has 1 aromatic carbocycles. The standard InChI is InChI=1S/C19H20F3N3O5/c1-10(2)8-25-15(23)14(16(27)24(3)18(25)29)13(26)9-30-17(28)11-5-4-6-12(7-11)19(20,21)22/h4-7,10H,8-9,23H2,1-3H3. The second kappa shape index (κ2) is 8.56. The molecular weight excluding hydrogens is 407 g/mol. The van der Waals surface area contributed by atoms with Crippen molar-refractivity contribution in [1.29, 1.82) is 0 Å². The van der Waals surface area contributed by atoms with E-state index in [1.807, 2.05) is 0 Å². The number of anilines is 1. The fraction of sp³-hybridized carbons (Fsp3) is 0.368. The van der Waals surface area contributed by atoms with Crippen molar-refractivity contribution in [1.82, 2.24) is 9.13 Å². The summed E-state index contributed by atoms with van der Waals surface area (Å²) in [5, 5.41) is 0. The van der Waals surface area contributed by atoms with Crippen LogP contribution in [0.5, 0.6) is 0 Å². The molecule has 8 nitrogen and oxygen atoms in total. The molecule has 0 amide bonds. The molecule has 0 bridgehead atoms. The molecule has 2 aromatic rings. The number of carbonyl (C=O) groups excluding carboxylic acids is 2. The summed E-state index contributed by atoms with van der Waals surface area (Å²) in [6, 6.07) is 3.49. The summed E-state index contributed by atoms with van der Waals surface area (Å²) in [6.45, 7) is 2.81. The third-order valence-electron chi connectivity index (χ3n) is 4.17. The summed E-state index contributed by atoms with van der Waals surface area (Å²) in [5.74, 6) is -2.55. The number of benzene rings is 1. The number of carbonyl (C=O) groups is 2. The number of alkyl halides is 3. The lowest BCUT2D eigenvalue weighted by molar-refractivity contribution is -0.137. The van der Waals surface area contributed by atoms with Crippen LogP contribution in [0, 0.1) is 5.92 Å². The summed E-state index contributed by atoms with van der Waals surface area (Å²) >= 11 is 0. The molecule has 1 heterocycles. The van der Waals surface area contributed by atoms with Crippen LogP contribution in [0.3, 0.4) is 0 Å².